The number of benzene rings is 1. The van der Waals surface area contributed by atoms with Crippen molar-refractivity contribution in [1.82, 2.24) is 0 Å². The summed E-state index contributed by atoms with van der Waals surface area (Å²) in [5, 5.41) is 0. The molecule has 0 aromatic heterocycles. The van der Waals surface area contributed by atoms with Crippen molar-refractivity contribution >= 4 is 5.97 Å². The number of carbonyl (C=O) groups is 1. The van der Waals surface area contributed by atoms with Crippen LogP contribution in [0.3, 0.4) is 0 Å². The summed E-state index contributed by atoms with van der Waals surface area (Å²) >= 11 is 0. The summed E-state index contributed by atoms with van der Waals surface area (Å²) in [6, 6.07) is 5.34. The highest BCUT2D eigenvalue weighted by atomic mass is 16.5. The van der Waals surface area contributed by atoms with Gasteiger partial charge in [0.05, 0.1) is 14.2 Å². The highest BCUT2D eigenvalue weighted by Crippen LogP contribution is 2.24. The molecule has 0 fully saturated rings. The van der Waals surface area contributed by atoms with Crippen LogP contribution >= 0.6 is 0 Å². The Morgan fingerprint density at radius 1 is 1.27 bits per heavy atom. The summed E-state index contributed by atoms with van der Waals surface area (Å²) in [5.74, 6) is 1.06. The van der Waals surface area contributed by atoms with Crippen LogP contribution in [-0.2, 0) is 16.1 Å². The van der Waals surface area contributed by atoms with Gasteiger partial charge in [-0.05, 0) is 18.2 Å². The molecule has 0 amide bonds. The normalized spacial score (nSPS) is 9.53. The van der Waals surface area contributed by atoms with Crippen molar-refractivity contribution in [3.05, 3.63) is 23.8 Å². The van der Waals surface area contributed by atoms with Crippen LogP contribution in [0.2, 0.25) is 0 Å². The van der Waals surface area contributed by atoms with Crippen molar-refractivity contribution in [3.8, 4) is 11.5 Å². The Morgan fingerprint density at radius 3 is 2.53 bits per heavy atom. The molecule has 1 rings (SSSR count). The summed E-state index contributed by atoms with van der Waals surface area (Å²) < 4.78 is 15.1. The molecule has 4 heteroatoms. The van der Waals surface area contributed by atoms with E-state index in [9.17, 15) is 4.79 Å². The molecule has 0 unspecified atom stereocenters. The SMILES string of the molecule is COc1ccc(OC)c(COC(C)=O)c1. The van der Waals surface area contributed by atoms with Gasteiger partial charge < -0.3 is 14.2 Å². The monoisotopic (exact) mass is 210 g/mol. The molecule has 0 saturated heterocycles. The Hall–Kier alpha value is -1.71. The minimum Gasteiger partial charge on any atom is -0.497 e. The number of methoxy groups -OCH3 is 2. The second-order valence-electron chi connectivity index (χ2n) is 2.96. The molecule has 0 saturated carbocycles. The number of esters is 1. The highest BCUT2D eigenvalue weighted by molar-refractivity contribution is 5.66. The van der Waals surface area contributed by atoms with Crippen molar-refractivity contribution in [2.75, 3.05) is 14.2 Å². The van der Waals surface area contributed by atoms with E-state index in [2.05, 4.69) is 0 Å². The van der Waals surface area contributed by atoms with E-state index in [4.69, 9.17) is 14.2 Å². The highest BCUT2D eigenvalue weighted by Gasteiger charge is 2.06. The zero-order valence-electron chi connectivity index (χ0n) is 9.07. The Bertz CT molecular complexity index is 346. The fraction of sp³-hybridized carbons (Fsp3) is 0.364. The number of rotatable bonds is 4. The van der Waals surface area contributed by atoms with Gasteiger partial charge >= 0.3 is 5.97 Å². The fourth-order valence-electron chi connectivity index (χ4n) is 1.17. The largest absolute Gasteiger partial charge is 0.497 e. The molecule has 1 aromatic carbocycles. The molecule has 0 N–H and O–H groups in total. The van der Waals surface area contributed by atoms with Gasteiger partial charge in [-0.25, -0.2) is 0 Å². The fourth-order valence-corrected chi connectivity index (χ4v) is 1.17. The van der Waals surface area contributed by atoms with Crippen molar-refractivity contribution in [3.63, 3.8) is 0 Å². The number of carbonyl (C=O) groups excluding carboxylic acids is 1. The molecule has 0 aliphatic rings. The van der Waals surface area contributed by atoms with Gasteiger partial charge in [-0.2, -0.15) is 0 Å². The minimum atomic E-state index is -0.320. The van der Waals surface area contributed by atoms with Crippen LogP contribution in [0.4, 0.5) is 0 Å². The van der Waals surface area contributed by atoms with E-state index >= 15 is 0 Å². The van der Waals surface area contributed by atoms with Crippen molar-refractivity contribution < 1.29 is 19.0 Å². The number of hydrogen-bond donors (Lipinski definition) is 0. The van der Waals surface area contributed by atoms with Crippen molar-refractivity contribution in [1.29, 1.82) is 0 Å². The van der Waals surface area contributed by atoms with E-state index in [0.29, 0.717) is 11.5 Å². The quantitative estimate of drug-likeness (QED) is 0.710. The Labute approximate surface area is 88.8 Å². The molecule has 0 bridgehead atoms. The summed E-state index contributed by atoms with van der Waals surface area (Å²) in [6.07, 6.45) is 0. The van der Waals surface area contributed by atoms with Gasteiger partial charge in [-0.1, -0.05) is 0 Å². The van der Waals surface area contributed by atoms with Crippen LogP contribution < -0.4 is 9.47 Å². The van der Waals surface area contributed by atoms with E-state index in [0.717, 1.165) is 5.56 Å². The summed E-state index contributed by atoms with van der Waals surface area (Å²) in [4.78, 5) is 10.7. The standard InChI is InChI=1S/C11H14O4/c1-8(12)15-7-9-6-10(13-2)4-5-11(9)14-3/h4-6H,7H2,1-3H3. The van der Waals surface area contributed by atoms with Gasteiger partial charge in [-0.15, -0.1) is 0 Å². The molecule has 15 heavy (non-hydrogen) atoms. The van der Waals surface area contributed by atoms with Gasteiger partial charge in [0.25, 0.3) is 0 Å². The Balaban J connectivity index is 2.85. The first-order valence-electron chi connectivity index (χ1n) is 4.51. The van der Waals surface area contributed by atoms with Crippen LogP contribution in [0.1, 0.15) is 12.5 Å². The third-order valence-electron chi connectivity index (χ3n) is 1.92. The first-order valence-corrected chi connectivity index (χ1v) is 4.51. The maximum Gasteiger partial charge on any atom is 0.302 e. The zero-order chi connectivity index (χ0) is 11.3. The molecule has 0 heterocycles. The lowest BCUT2D eigenvalue weighted by atomic mass is 10.2. The van der Waals surface area contributed by atoms with Crippen molar-refractivity contribution in [2.45, 2.75) is 13.5 Å². The topological polar surface area (TPSA) is 44.8 Å². The molecule has 82 valence electrons. The lowest BCUT2D eigenvalue weighted by Crippen LogP contribution is -2.01. The van der Waals surface area contributed by atoms with Gasteiger partial charge in [0, 0.05) is 12.5 Å². The van der Waals surface area contributed by atoms with Crippen LogP contribution in [0.5, 0.6) is 11.5 Å². The predicted octanol–water partition coefficient (Wildman–Crippen LogP) is 1.77. The molecule has 0 spiro atoms. The molecule has 0 radical (unpaired) electrons. The van der Waals surface area contributed by atoms with E-state index in [1.807, 2.05) is 0 Å². The van der Waals surface area contributed by atoms with Crippen LogP contribution in [0, 0.1) is 0 Å². The van der Waals surface area contributed by atoms with Gasteiger partial charge in [0.15, 0.2) is 0 Å². The minimum absolute atomic E-state index is 0.190. The maximum absolute atomic E-state index is 10.7. The van der Waals surface area contributed by atoms with E-state index < -0.39 is 0 Å². The van der Waals surface area contributed by atoms with Crippen LogP contribution in [0.15, 0.2) is 18.2 Å². The first kappa shape index (κ1) is 11.4. The van der Waals surface area contributed by atoms with Crippen LogP contribution in [-0.4, -0.2) is 20.2 Å². The molecule has 0 atom stereocenters. The molecular formula is C11H14O4. The first-order chi connectivity index (χ1) is 7.17. The van der Waals surface area contributed by atoms with Gasteiger partial charge in [0.1, 0.15) is 18.1 Å². The predicted molar refractivity (Wildman–Crippen MR) is 55.0 cm³/mol. The van der Waals surface area contributed by atoms with Gasteiger partial charge in [-0.3, -0.25) is 4.79 Å². The molecule has 0 aliphatic carbocycles. The van der Waals surface area contributed by atoms with E-state index in [1.165, 1.54) is 6.92 Å². The summed E-state index contributed by atoms with van der Waals surface area (Å²) in [7, 11) is 3.15. The smallest absolute Gasteiger partial charge is 0.302 e. The second-order valence-corrected chi connectivity index (χ2v) is 2.96. The lowest BCUT2D eigenvalue weighted by Gasteiger charge is -2.10. The molecule has 1 aromatic rings. The van der Waals surface area contributed by atoms with Crippen LogP contribution in [0.25, 0.3) is 0 Å². The lowest BCUT2D eigenvalue weighted by molar-refractivity contribution is -0.142. The molecule has 0 aliphatic heterocycles. The Kier molecular flexibility index (Phi) is 3.97. The third kappa shape index (κ3) is 3.16. The molecular weight excluding hydrogens is 196 g/mol. The number of ether oxygens (including phenoxy) is 3. The summed E-state index contributed by atoms with van der Waals surface area (Å²) in [6.45, 7) is 1.56. The van der Waals surface area contributed by atoms with Crippen molar-refractivity contribution in [2.24, 2.45) is 0 Å². The average Bonchev–Trinajstić information content (AvgIpc) is 2.25. The molecule has 4 nitrogen and oxygen atoms in total. The summed E-state index contributed by atoms with van der Waals surface area (Å²) in [5.41, 5.74) is 0.784. The Morgan fingerprint density at radius 2 is 2.00 bits per heavy atom. The third-order valence-corrected chi connectivity index (χ3v) is 1.92. The number of hydrogen-bond acceptors (Lipinski definition) is 4. The zero-order valence-corrected chi connectivity index (χ0v) is 9.07. The van der Waals surface area contributed by atoms with E-state index in [-0.39, 0.29) is 12.6 Å². The second kappa shape index (κ2) is 5.24. The van der Waals surface area contributed by atoms with Gasteiger partial charge in [0.2, 0.25) is 0 Å². The average molecular weight is 210 g/mol. The maximum atomic E-state index is 10.7. The van der Waals surface area contributed by atoms with E-state index in [1.54, 1.807) is 32.4 Å².